The lowest BCUT2D eigenvalue weighted by Gasteiger charge is -2.23. The second-order valence-electron chi connectivity index (χ2n) is 5.32. The van der Waals surface area contributed by atoms with Gasteiger partial charge in [-0.2, -0.15) is 5.26 Å². The Balaban J connectivity index is 2.86. The van der Waals surface area contributed by atoms with E-state index in [2.05, 4.69) is 9.97 Å². The van der Waals surface area contributed by atoms with Crippen LogP contribution in [0.5, 0.6) is 5.75 Å². The summed E-state index contributed by atoms with van der Waals surface area (Å²) in [6, 6.07) is 1.94. The molecule has 0 aliphatic carbocycles. The Bertz CT molecular complexity index is 478. The van der Waals surface area contributed by atoms with Crippen LogP contribution in [0.25, 0.3) is 0 Å². The van der Waals surface area contributed by atoms with Crippen LogP contribution in [0.15, 0.2) is 6.20 Å². The van der Waals surface area contributed by atoms with Crippen molar-refractivity contribution in [2.75, 3.05) is 20.3 Å². The molecule has 1 heterocycles. The molecule has 0 aromatic carbocycles. The van der Waals surface area contributed by atoms with E-state index in [9.17, 15) is 0 Å². The molecule has 6 nitrogen and oxygen atoms in total. The number of aromatic nitrogens is 2. The van der Waals surface area contributed by atoms with E-state index in [4.69, 9.17) is 19.5 Å². The normalized spacial score (nSPS) is 12.8. The van der Waals surface area contributed by atoms with E-state index in [1.165, 1.54) is 6.20 Å². The van der Waals surface area contributed by atoms with Crippen molar-refractivity contribution in [2.24, 2.45) is 0 Å². The molecule has 0 bridgehead atoms. The summed E-state index contributed by atoms with van der Waals surface area (Å²) in [5.74, 6) is 0.664. The van der Waals surface area contributed by atoms with Gasteiger partial charge in [-0.3, -0.25) is 0 Å². The molecule has 20 heavy (non-hydrogen) atoms. The van der Waals surface area contributed by atoms with Crippen LogP contribution in [-0.2, 0) is 14.9 Å². The highest BCUT2D eigenvalue weighted by atomic mass is 16.7. The summed E-state index contributed by atoms with van der Waals surface area (Å²) < 4.78 is 16.1. The number of ether oxygens (including phenoxy) is 3. The lowest BCUT2D eigenvalue weighted by molar-refractivity contribution is -0.0806. The van der Waals surface area contributed by atoms with E-state index >= 15 is 0 Å². The molecule has 6 heteroatoms. The zero-order chi connectivity index (χ0) is 15.2. The van der Waals surface area contributed by atoms with E-state index in [-0.39, 0.29) is 11.2 Å². The van der Waals surface area contributed by atoms with E-state index in [0.29, 0.717) is 24.7 Å². The summed E-state index contributed by atoms with van der Waals surface area (Å²) in [4.78, 5) is 8.18. The summed E-state index contributed by atoms with van der Waals surface area (Å²) in [6.07, 6.45) is 1.07. The second-order valence-corrected chi connectivity index (χ2v) is 5.32. The topological polar surface area (TPSA) is 77.3 Å². The molecule has 0 saturated heterocycles. The van der Waals surface area contributed by atoms with Crippen molar-refractivity contribution in [1.29, 1.82) is 5.26 Å². The van der Waals surface area contributed by atoms with Crippen LogP contribution in [0.1, 0.15) is 39.2 Å². The van der Waals surface area contributed by atoms with Crippen molar-refractivity contribution in [3.05, 3.63) is 17.7 Å². The minimum absolute atomic E-state index is 0.134. The first-order chi connectivity index (χ1) is 9.38. The van der Waals surface area contributed by atoms with E-state index < -0.39 is 6.29 Å². The average Bonchev–Trinajstić information content (AvgIpc) is 2.38. The zero-order valence-electron chi connectivity index (χ0n) is 12.6. The summed E-state index contributed by atoms with van der Waals surface area (Å²) in [5.41, 5.74) is 0.432. The van der Waals surface area contributed by atoms with Crippen LogP contribution in [0.4, 0.5) is 0 Å². The minimum atomic E-state index is -0.442. The Morgan fingerprint density at radius 3 is 2.60 bits per heavy atom. The van der Waals surface area contributed by atoms with Gasteiger partial charge in [-0.15, -0.1) is 0 Å². The monoisotopic (exact) mass is 279 g/mol. The first-order valence-corrected chi connectivity index (χ1v) is 6.43. The molecule has 1 rings (SSSR count). The lowest BCUT2D eigenvalue weighted by Crippen LogP contribution is -2.23. The summed E-state index contributed by atoms with van der Waals surface area (Å²) in [6.45, 7) is 8.74. The van der Waals surface area contributed by atoms with E-state index in [1.54, 1.807) is 14.0 Å². The Morgan fingerprint density at radius 2 is 2.05 bits per heavy atom. The Labute approximate surface area is 119 Å². The van der Waals surface area contributed by atoms with Gasteiger partial charge in [0.15, 0.2) is 12.0 Å². The zero-order valence-corrected chi connectivity index (χ0v) is 12.6. The molecule has 0 fully saturated rings. The number of methoxy groups -OCH3 is 1. The molecule has 1 atom stereocenters. The first-order valence-electron chi connectivity index (χ1n) is 6.43. The van der Waals surface area contributed by atoms with Crippen LogP contribution in [0.3, 0.4) is 0 Å². The fraction of sp³-hybridized carbons (Fsp3) is 0.643. The highest BCUT2D eigenvalue weighted by Gasteiger charge is 2.23. The molecule has 0 radical (unpaired) electrons. The summed E-state index contributed by atoms with van der Waals surface area (Å²) in [7, 11) is 1.61. The van der Waals surface area contributed by atoms with Gasteiger partial charge in [0.25, 0.3) is 0 Å². The van der Waals surface area contributed by atoms with Gasteiger partial charge >= 0.3 is 0 Å². The highest BCUT2D eigenvalue weighted by molar-refractivity contribution is 5.32. The molecular weight excluding hydrogens is 258 g/mol. The molecular formula is C14H21N3O3. The van der Waals surface area contributed by atoms with Crippen molar-refractivity contribution in [3.63, 3.8) is 0 Å². The third kappa shape index (κ3) is 4.76. The summed E-state index contributed by atoms with van der Waals surface area (Å²) in [5, 5.41) is 8.89. The fourth-order valence-electron chi connectivity index (χ4n) is 1.56. The molecule has 1 unspecified atom stereocenters. The average molecular weight is 279 g/mol. The van der Waals surface area contributed by atoms with Gasteiger partial charge < -0.3 is 14.2 Å². The number of hydrogen-bond donors (Lipinski definition) is 0. The Morgan fingerprint density at radius 1 is 1.35 bits per heavy atom. The standard InChI is InChI=1S/C14H21N3O3/c1-10(19-7-6-18-5)20-11-9-16-12(8-15)17-13(11)14(2,3)4/h9-10H,6-7H2,1-5H3. The van der Waals surface area contributed by atoms with Crippen molar-refractivity contribution >= 4 is 0 Å². The molecule has 0 aliphatic heterocycles. The third-order valence-corrected chi connectivity index (χ3v) is 2.50. The van der Waals surface area contributed by atoms with Gasteiger partial charge in [0.1, 0.15) is 6.07 Å². The van der Waals surface area contributed by atoms with Crippen molar-refractivity contribution in [3.8, 4) is 11.8 Å². The molecule has 110 valence electrons. The maximum atomic E-state index is 8.89. The SMILES string of the molecule is COCCOC(C)Oc1cnc(C#N)nc1C(C)(C)C. The van der Waals surface area contributed by atoms with Crippen LogP contribution in [-0.4, -0.2) is 36.6 Å². The quantitative estimate of drug-likeness (QED) is 0.585. The second kappa shape index (κ2) is 7.17. The molecule has 0 amide bonds. The number of nitrogens with zero attached hydrogens (tertiary/aromatic N) is 3. The predicted molar refractivity (Wildman–Crippen MR) is 73.4 cm³/mol. The van der Waals surface area contributed by atoms with Gasteiger partial charge in [-0.05, 0) is 6.92 Å². The largest absolute Gasteiger partial charge is 0.462 e. The summed E-state index contributed by atoms with van der Waals surface area (Å²) >= 11 is 0. The third-order valence-electron chi connectivity index (χ3n) is 2.50. The highest BCUT2D eigenvalue weighted by Crippen LogP contribution is 2.29. The Hall–Kier alpha value is -1.71. The van der Waals surface area contributed by atoms with Crippen molar-refractivity contribution in [1.82, 2.24) is 9.97 Å². The van der Waals surface area contributed by atoms with Gasteiger partial charge in [-0.1, -0.05) is 20.8 Å². The van der Waals surface area contributed by atoms with E-state index in [0.717, 1.165) is 0 Å². The Kier molecular flexibility index (Phi) is 5.86. The smallest absolute Gasteiger partial charge is 0.232 e. The maximum absolute atomic E-state index is 8.89. The van der Waals surface area contributed by atoms with Gasteiger partial charge in [0.05, 0.1) is 25.1 Å². The number of rotatable bonds is 6. The molecule has 0 aliphatic rings. The fourth-order valence-corrected chi connectivity index (χ4v) is 1.56. The first kappa shape index (κ1) is 16.3. The van der Waals surface area contributed by atoms with Crippen LogP contribution in [0, 0.1) is 11.3 Å². The van der Waals surface area contributed by atoms with Gasteiger partial charge in [-0.25, -0.2) is 9.97 Å². The molecule has 0 N–H and O–H groups in total. The van der Waals surface area contributed by atoms with Crippen LogP contribution < -0.4 is 4.74 Å². The van der Waals surface area contributed by atoms with Gasteiger partial charge in [0.2, 0.25) is 5.82 Å². The molecule has 1 aromatic heterocycles. The predicted octanol–water partition coefficient (Wildman–Crippen LogP) is 2.03. The van der Waals surface area contributed by atoms with Crippen molar-refractivity contribution in [2.45, 2.75) is 39.4 Å². The lowest BCUT2D eigenvalue weighted by atomic mass is 9.91. The van der Waals surface area contributed by atoms with Crippen LogP contribution >= 0.6 is 0 Å². The molecule has 0 saturated carbocycles. The number of nitriles is 1. The maximum Gasteiger partial charge on any atom is 0.232 e. The number of hydrogen-bond acceptors (Lipinski definition) is 6. The minimum Gasteiger partial charge on any atom is -0.462 e. The van der Waals surface area contributed by atoms with Crippen LogP contribution in [0.2, 0.25) is 0 Å². The van der Waals surface area contributed by atoms with Crippen molar-refractivity contribution < 1.29 is 14.2 Å². The molecule has 0 spiro atoms. The van der Waals surface area contributed by atoms with E-state index in [1.807, 2.05) is 26.8 Å². The van der Waals surface area contributed by atoms with Gasteiger partial charge in [0, 0.05) is 12.5 Å². The molecule has 1 aromatic rings.